The minimum absolute atomic E-state index is 0.0966. The van der Waals surface area contributed by atoms with Crippen molar-refractivity contribution >= 4 is 0 Å². The highest BCUT2D eigenvalue weighted by Crippen LogP contribution is 2.24. The highest BCUT2D eigenvalue weighted by molar-refractivity contribution is 5.35. The third kappa shape index (κ3) is 8.96. The zero-order valence-electron chi connectivity index (χ0n) is 25.2. The Kier molecular flexibility index (Phi) is 13.0. The summed E-state index contributed by atoms with van der Waals surface area (Å²) in [6, 6.07) is 13.8. The molecule has 0 bridgehead atoms. The maximum absolute atomic E-state index is 10.2. The molecule has 2 fully saturated rings. The van der Waals surface area contributed by atoms with Crippen molar-refractivity contribution in [1.29, 1.82) is 0 Å². The molecule has 8 atom stereocenters. The van der Waals surface area contributed by atoms with Crippen LogP contribution in [0.15, 0.2) is 73.1 Å². The van der Waals surface area contributed by atoms with Gasteiger partial charge < -0.3 is 60.1 Å². The second kappa shape index (κ2) is 16.9. The third-order valence-corrected chi connectivity index (χ3v) is 8.32. The van der Waals surface area contributed by atoms with Gasteiger partial charge in [0.1, 0.15) is 35.9 Å². The number of rotatable bonds is 14. The summed E-state index contributed by atoms with van der Waals surface area (Å²) in [5.41, 5.74) is 1.88. The lowest BCUT2D eigenvalue weighted by Gasteiger charge is -2.42. The van der Waals surface area contributed by atoms with Crippen molar-refractivity contribution in [3.8, 4) is 11.5 Å². The first-order chi connectivity index (χ1) is 21.7. The van der Waals surface area contributed by atoms with E-state index in [-0.39, 0.29) is 26.3 Å². The van der Waals surface area contributed by atoms with Crippen molar-refractivity contribution in [2.24, 2.45) is 0 Å². The second-order valence-electron chi connectivity index (χ2n) is 11.4. The number of allylic oxidation sites excluding steroid dienone is 2. The molecular weight excluding hydrogens is 584 g/mol. The Balaban J connectivity index is 1.25. The average molecular weight is 631 g/mol. The van der Waals surface area contributed by atoms with Crippen molar-refractivity contribution in [3.63, 3.8) is 0 Å². The van der Waals surface area contributed by atoms with Crippen LogP contribution < -0.4 is 9.47 Å². The Bertz CT molecular complexity index is 1150. The lowest BCUT2D eigenvalue weighted by molar-refractivity contribution is -0.133. The van der Waals surface area contributed by atoms with E-state index < -0.39 is 48.7 Å². The van der Waals surface area contributed by atoms with Crippen LogP contribution in [0.2, 0.25) is 0 Å². The lowest BCUT2D eigenvalue weighted by Crippen LogP contribution is -2.60. The van der Waals surface area contributed by atoms with Crippen LogP contribution in [0, 0.1) is 0 Å². The molecule has 0 aromatic heterocycles. The summed E-state index contributed by atoms with van der Waals surface area (Å²) >= 11 is 0. The van der Waals surface area contributed by atoms with Gasteiger partial charge in [-0.25, -0.2) is 0 Å². The Morgan fingerprint density at radius 3 is 1.40 bits per heavy atom. The first-order valence-corrected chi connectivity index (χ1v) is 15.3. The highest BCUT2D eigenvalue weighted by Gasteiger charge is 2.40. The standard InChI is InChI=1S/C33H46N2O10/c36-20-24-30(40)32(42)26(38)18-34(24)14-5-10-22-8-1-3-12-28(22)44-16-7-17-45-29-13-4-2-9-23(29)11-6-15-35-19-27(39)33(43)31(41)25(35)21-37/h1-6,8-9,12-15,24-27,30-33,36-43H,7,10-11,16-21H2. The van der Waals surface area contributed by atoms with E-state index in [1.807, 2.05) is 60.7 Å². The zero-order valence-corrected chi connectivity index (χ0v) is 25.2. The van der Waals surface area contributed by atoms with Gasteiger partial charge in [-0.1, -0.05) is 48.6 Å². The zero-order chi connectivity index (χ0) is 32.3. The van der Waals surface area contributed by atoms with E-state index in [1.165, 1.54) is 0 Å². The summed E-state index contributed by atoms with van der Waals surface area (Å²) in [5.74, 6) is 1.45. The normalized spacial score (nSPS) is 29.1. The van der Waals surface area contributed by atoms with E-state index in [9.17, 15) is 40.9 Å². The molecule has 8 N–H and O–H groups in total. The Labute approximate surface area is 263 Å². The predicted molar refractivity (Wildman–Crippen MR) is 165 cm³/mol. The highest BCUT2D eigenvalue weighted by atomic mass is 16.5. The minimum Gasteiger partial charge on any atom is -0.493 e. The topological polar surface area (TPSA) is 187 Å². The summed E-state index contributed by atoms with van der Waals surface area (Å²) in [6.45, 7) is 0.323. The number of likely N-dealkylation sites (tertiary alicyclic amines) is 2. The predicted octanol–water partition coefficient (Wildman–Crippen LogP) is -0.835. The number of nitrogens with zero attached hydrogens (tertiary/aromatic N) is 2. The van der Waals surface area contributed by atoms with Crippen LogP contribution in [0.3, 0.4) is 0 Å². The largest absolute Gasteiger partial charge is 0.493 e. The molecule has 8 unspecified atom stereocenters. The van der Waals surface area contributed by atoms with Gasteiger partial charge in [-0.2, -0.15) is 0 Å². The number of para-hydroxylation sites is 2. The molecule has 2 aromatic rings. The van der Waals surface area contributed by atoms with Crippen LogP contribution in [0.25, 0.3) is 0 Å². The van der Waals surface area contributed by atoms with E-state index in [2.05, 4.69) is 0 Å². The molecule has 2 aromatic carbocycles. The van der Waals surface area contributed by atoms with Gasteiger partial charge in [0.05, 0.1) is 50.7 Å². The van der Waals surface area contributed by atoms with Crippen LogP contribution in [0.4, 0.5) is 0 Å². The number of hydrogen-bond donors (Lipinski definition) is 8. The fourth-order valence-corrected chi connectivity index (χ4v) is 5.67. The van der Waals surface area contributed by atoms with Gasteiger partial charge >= 0.3 is 0 Å². The minimum atomic E-state index is -1.30. The molecule has 12 nitrogen and oxygen atoms in total. The van der Waals surface area contributed by atoms with Gasteiger partial charge in [-0.15, -0.1) is 0 Å². The maximum Gasteiger partial charge on any atom is 0.122 e. The maximum atomic E-state index is 10.2. The average Bonchev–Trinajstić information content (AvgIpc) is 3.04. The molecule has 4 rings (SSSR count). The fourth-order valence-electron chi connectivity index (χ4n) is 5.67. The van der Waals surface area contributed by atoms with Crippen LogP contribution >= 0.6 is 0 Å². The fraction of sp³-hybridized carbons (Fsp3) is 0.515. The van der Waals surface area contributed by atoms with Crippen molar-refractivity contribution in [3.05, 3.63) is 84.2 Å². The van der Waals surface area contributed by atoms with E-state index in [0.29, 0.717) is 32.5 Å². The van der Waals surface area contributed by atoms with E-state index >= 15 is 0 Å². The van der Waals surface area contributed by atoms with E-state index in [4.69, 9.17) is 9.47 Å². The molecule has 12 heteroatoms. The monoisotopic (exact) mass is 630 g/mol. The Morgan fingerprint density at radius 1 is 0.600 bits per heavy atom. The first-order valence-electron chi connectivity index (χ1n) is 15.3. The summed E-state index contributed by atoms with van der Waals surface area (Å²) < 4.78 is 12.1. The van der Waals surface area contributed by atoms with Crippen molar-refractivity contribution in [2.75, 3.05) is 39.5 Å². The van der Waals surface area contributed by atoms with E-state index in [0.717, 1.165) is 22.6 Å². The molecule has 0 aliphatic carbocycles. The molecule has 0 amide bonds. The Morgan fingerprint density at radius 2 is 1.00 bits per heavy atom. The number of benzene rings is 2. The number of ether oxygens (including phenoxy) is 2. The van der Waals surface area contributed by atoms with Gasteiger partial charge in [-0.3, -0.25) is 0 Å². The van der Waals surface area contributed by atoms with Crippen LogP contribution in [0.5, 0.6) is 11.5 Å². The van der Waals surface area contributed by atoms with Crippen molar-refractivity contribution in [2.45, 2.75) is 68.0 Å². The SMILES string of the molecule is OCC1C(O)C(O)C(O)CN1C=CCc1ccccc1OCCCOc1ccccc1CC=CN1CC(O)C(O)C(O)C1CO. The van der Waals surface area contributed by atoms with E-state index in [1.54, 1.807) is 22.2 Å². The molecule has 0 saturated carbocycles. The molecule has 2 aliphatic heterocycles. The number of β-amino-alcohol motifs (C(OH)–C–C–N with tert-alkyl or cyclic N) is 2. The van der Waals surface area contributed by atoms with Crippen LogP contribution in [0.1, 0.15) is 17.5 Å². The summed E-state index contributed by atoms with van der Waals surface area (Å²) in [5, 5.41) is 79.5. The molecule has 45 heavy (non-hydrogen) atoms. The Hall–Kier alpha value is -3.20. The lowest BCUT2D eigenvalue weighted by atomic mass is 9.94. The van der Waals surface area contributed by atoms with Gasteiger partial charge in [0.25, 0.3) is 0 Å². The number of piperidine rings is 2. The summed E-state index contributed by atoms with van der Waals surface area (Å²) in [6.07, 6.45) is 1.46. The first kappa shape index (κ1) is 34.7. The van der Waals surface area contributed by atoms with Gasteiger partial charge in [0, 0.05) is 19.5 Å². The molecule has 2 aliphatic rings. The van der Waals surface area contributed by atoms with Gasteiger partial charge in [-0.05, 0) is 48.5 Å². The molecule has 0 spiro atoms. The summed E-state index contributed by atoms with van der Waals surface area (Å²) in [4.78, 5) is 3.27. The van der Waals surface area contributed by atoms with Crippen LogP contribution in [-0.4, -0.2) is 139 Å². The molecule has 248 valence electrons. The van der Waals surface area contributed by atoms with Crippen molar-refractivity contribution < 1.29 is 50.3 Å². The van der Waals surface area contributed by atoms with Gasteiger partial charge in [0.2, 0.25) is 0 Å². The molecule has 0 radical (unpaired) electrons. The third-order valence-electron chi connectivity index (χ3n) is 8.32. The summed E-state index contributed by atoms with van der Waals surface area (Å²) in [7, 11) is 0. The second-order valence-corrected chi connectivity index (χ2v) is 11.4. The van der Waals surface area contributed by atoms with Gasteiger partial charge in [0.15, 0.2) is 0 Å². The number of hydrogen-bond acceptors (Lipinski definition) is 12. The number of aliphatic hydroxyl groups is 8. The van der Waals surface area contributed by atoms with Crippen LogP contribution in [-0.2, 0) is 12.8 Å². The smallest absolute Gasteiger partial charge is 0.122 e. The molecular formula is C33H46N2O10. The van der Waals surface area contributed by atoms with Crippen molar-refractivity contribution in [1.82, 2.24) is 9.80 Å². The molecule has 2 saturated heterocycles. The quantitative estimate of drug-likeness (QED) is 0.121. The molecule has 2 heterocycles. The number of aliphatic hydroxyl groups excluding tert-OH is 8.